The summed E-state index contributed by atoms with van der Waals surface area (Å²) in [5.74, 6) is -0.807. The molecule has 12 heteroatoms. The van der Waals surface area contributed by atoms with Crippen molar-refractivity contribution >= 4 is 17.3 Å². The van der Waals surface area contributed by atoms with Gasteiger partial charge in [0.15, 0.2) is 5.69 Å². The quantitative estimate of drug-likeness (QED) is 0.476. The van der Waals surface area contributed by atoms with Gasteiger partial charge in [0.2, 0.25) is 0 Å². The number of amides is 1. The van der Waals surface area contributed by atoms with Crippen molar-refractivity contribution in [3.8, 4) is 5.75 Å². The van der Waals surface area contributed by atoms with Crippen molar-refractivity contribution in [2.24, 2.45) is 0 Å². The summed E-state index contributed by atoms with van der Waals surface area (Å²) < 4.78 is 32.1. The van der Waals surface area contributed by atoms with Gasteiger partial charge in [0.25, 0.3) is 5.91 Å². The Morgan fingerprint density at radius 2 is 2.00 bits per heavy atom. The van der Waals surface area contributed by atoms with Crippen molar-refractivity contribution in [3.63, 3.8) is 0 Å². The van der Waals surface area contributed by atoms with Gasteiger partial charge < -0.3 is 10.1 Å². The van der Waals surface area contributed by atoms with Crippen molar-refractivity contribution in [1.29, 1.82) is 0 Å². The summed E-state index contributed by atoms with van der Waals surface area (Å²) in [4.78, 5) is 23.0. The van der Waals surface area contributed by atoms with Crippen LogP contribution in [-0.2, 0) is 6.67 Å². The number of para-hydroxylation sites is 2. The second-order valence-electron chi connectivity index (χ2n) is 5.99. The standard InChI is InChI=1S/C17H16F2N6O4/c1-10-15(25(27)28)11(2)24(21-10)9-23-8-7-13(22-23)16(26)20-12-5-3-4-6-14(12)29-17(18)19/h3-8,17H,9H2,1-2H3,(H,20,26). The van der Waals surface area contributed by atoms with Crippen molar-refractivity contribution < 1.29 is 23.2 Å². The fraction of sp³-hybridized carbons (Fsp3) is 0.235. The lowest BCUT2D eigenvalue weighted by Crippen LogP contribution is -2.16. The second-order valence-corrected chi connectivity index (χ2v) is 5.99. The molecule has 1 N–H and O–H groups in total. The van der Waals surface area contributed by atoms with Gasteiger partial charge in [-0.2, -0.15) is 19.0 Å². The van der Waals surface area contributed by atoms with E-state index in [2.05, 4.69) is 20.3 Å². The van der Waals surface area contributed by atoms with Gasteiger partial charge in [0.05, 0.1) is 10.6 Å². The van der Waals surface area contributed by atoms with E-state index in [0.717, 1.165) is 0 Å². The molecule has 1 aromatic carbocycles. The number of hydrogen-bond donors (Lipinski definition) is 1. The molecular formula is C17H16F2N6O4. The molecular weight excluding hydrogens is 390 g/mol. The normalized spacial score (nSPS) is 10.9. The molecule has 1 amide bonds. The zero-order valence-corrected chi connectivity index (χ0v) is 15.4. The van der Waals surface area contributed by atoms with E-state index in [9.17, 15) is 23.7 Å². The molecule has 2 aromatic heterocycles. The molecule has 29 heavy (non-hydrogen) atoms. The lowest BCUT2D eigenvalue weighted by atomic mass is 10.3. The first-order valence-corrected chi connectivity index (χ1v) is 8.33. The predicted octanol–water partition coefficient (Wildman–Crippen LogP) is 2.96. The number of halogens is 2. The smallest absolute Gasteiger partial charge is 0.387 e. The van der Waals surface area contributed by atoms with Crippen LogP contribution < -0.4 is 10.1 Å². The number of hydrogen-bond acceptors (Lipinski definition) is 6. The first-order valence-electron chi connectivity index (χ1n) is 8.33. The number of aryl methyl sites for hydroxylation is 1. The Hall–Kier alpha value is -3.83. The van der Waals surface area contributed by atoms with Gasteiger partial charge in [-0.05, 0) is 32.0 Å². The molecule has 0 aliphatic heterocycles. The van der Waals surface area contributed by atoms with Crippen LogP contribution in [0.15, 0.2) is 36.5 Å². The highest BCUT2D eigenvalue weighted by Gasteiger charge is 2.22. The molecule has 0 saturated carbocycles. The van der Waals surface area contributed by atoms with Gasteiger partial charge >= 0.3 is 12.3 Å². The number of aromatic nitrogens is 4. The molecule has 3 aromatic rings. The third-order valence-corrected chi connectivity index (χ3v) is 4.03. The summed E-state index contributed by atoms with van der Waals surface area (Å²) in [5, 5.41) is 21.8. The lowest BCUT2D eigenvalue weighted by molar-refractivity contribution is -0.386. The number of alkyl halides is 2. The minimum atomic E-state index is -3.03. The minimum absolute atomic E-state index is 0.0212. The third-order valence-electron chi connectivity index (χ3n) is 4.03. The average molecular weight is 406 g/mol. The molecule has 0 bridgehead atoms. The number of ether oxygens (including phenoxy) is 1. The van der Waals surface area contributed by atoms with Gasteiger partial charge in [-0.1, -0.05) is 12.1 Å². The zero-order valence-electron chi connectivity index (χ0n) is 15.4. The third kappa shape index (κ3) is 4.36. The predicted molar refractivity (Wildman–Crippen MR) is 97.0 cm³/mol. The molecule has 0 unspecified atom stereocenters. The lowest BCUT2D eigenvalue weighted by Gasteiger charge is -2.10. The van der Waals surface area contributed by atoms with E-state index in [1.54, 1.807) is 13.0 Å². The first-order chi connectivity index (χ1) is 13.8. The fourth-order valence-electron chi connectivity index (χ4n) is 2.74. The number of carbonyl (C=O) groups excluding carboxylic acids is 1. The van der Waals surface area contributed by atoms with Crippen LogP contribution in [0, 0.1) is 24.0 Å². The van der Waals surface area contributed by atoms with Crippen LogP contribution in [-0.4, -0.2) is 37.0 Å². The van der Waals surface area contributed by atoms with Gasteiger partial charge in [-0.25, -0.2) is 4.68 Å². The maximum Gasteiger partial charge on any atom is 0.387 e. The second kappa shape index (κ2) is 8.04. The minimum Gasteiger partial charge on any atom is -0.433 e. The summed E-state index contributed by atoms with van der Waals surface area (Å²) in [6.07, 6.45) is 1.50. The number of nitrogens with one attached hydrogen (secondary N) is 1. The molecule has 0 atom stereocenters. The van der Waals surface area contributed by atoms with Crippen LogP contribution in [0.2, 0.25) is 0 Å². The maximum atomic E-state index is 12.5. The van der Waals surface area contributed by atoms with Gasteiger partial charge in [-0.15, -0.1) is 0 Å². The number of carbonyl (C=O) groups is 1. The maximum absolute atomic E-state index is 12.5. The van der Waals surface area contributed by atoms with E-state index >= 15 is 0 Å². The number of nitro groups is 1. The highest BCUT2D eigenvalue weighted by molar-refractivity contribution is 6.03. The van der Waals surface area contributed by atoms with E-state index < -0.39 is 17.4 Å². The summed E-state index contributed by atoms with van der Waals surface area (Å²) in [6.45, 7) is 0.119. The molecule has 0 fully saturated rings. The number of anilines is 1. The molecule has 0 aliphatic rings. The monoisotopic (exact) mass is 406 g/mol. The van der Waals surface area contributed by atoms with Crippen molar-refractivity contribution in [2.75, 3.05) is 5.32 Å². The van der Waals surface area contributed by atoms with Gasteiger partial charge in [-0.3, -0.25) is 19.6 Å². The SMILES string of the molecule is Cc1nn(Cn2ccc(C(=O)Nc3ccccc3OC(F)F)n2)c(C)c1[N+](=O)[O-]. The van der Waals surface area contributed by atoms with Gasteiger partial charge in [0, 0.05) is 6.20 Å². The van der Waals surface area contributed by atoms with Crippen LogP contribution in [0.4, 0.5) is 20.2 Å². The van der Waals surface area contributed by atoms with Crippen LogP contribution in [0.1, 0.15) is 21.9 Å². The first kappa shape index (κ1) is 19.9. The van der Waals surface area contributed by atoms with E-state index in [0.29, 0.717) is 5.69 Å². The zero-order chi connectivity index (χ0) is 21.1. The molecule has 152 valence electrons. The Morgan fingerprint density at radius 3 is 2.66 bits per heavy atom. The number of rotatable bonds is 7. The van der Waals surface area contributed by atoms with E-state index in [4.69, 9.17) is 0 Å². The Bertz CT molecular complexity index is 1060. The van der Waals surface area contributed by atoms with Crippen molar-refractivity contribution in [2.45, 2.75) is 27.1 Å². The van der Waals surface area contributed by atoms with E-state index in [1.165, 1.54) is 46.7 Å². The van der Waals surface area contributed by atoms with Crippen LogP contribution in [0.25, 0.3) is 0 Å². The Morgan fingerprint density at radius 1 is 1.28 bits per heavy atom. The molecule has 0 spiro atoms. The molecule has 3 rings (SSSR count). The highest BCUT2D eigenvalue weighted by atomic mass is 19.3. The number of benzene rings is 1. The summed E-state index contributed by atoms with van der Waals surface area (Å²) in [6, 6.07) is 7.20. The van der Waals surface area contributed by atoms with Crippen molar-refractivity contribution in [3.05, 3.63) is 63.7 Å². The average Bonchev–Trinajstić information content (AvgIpc) is 3.21. The molecule has 10 nitrogen and oxygen atoms in total. The van der Waals surface area contributed by atoms with Crippen LogP contribution in [0.3, 0.4) is 0 Å². The molecule has 0 aliphatic carbocycles. The summed E-state index contributed by atoms with van der Waals surface area (Å²) in [5.41, 5.74) is 0.639. The van der Waals surface area contributed by atoms with Crippen molar-refractivity contribution in [1.82, 2.24) is 19.6 Å². The summed E-state index contributed by atoms with van der Waals surface area (Å²) in [7, 11) is 0. The fourth-order valence-corrected chi connectivity index (χ4v) is 2.74. The van der Waals surface area contributed by atoms with E-state index in [-0.39, 0.29) is 35.2 Å². The Balaban J connectivity index is 1.75. The van der Waals surface area contributed by atoms with E-state index in [1.807, 2.05) is 0 Å². The van der Waals surface area contributed by atoms with Crippen LogP contribution in [0.5, 0.6) is 5.75 Å². The number of nitrogens with zero attached hydrogens (tertiary/aromatic N) is 5. The molecule has 2 heterocycles. The molecule has 0 radical (unpaired) electrons. The molecule has 0 saturated heterocycles. The summed E-state index contributed by atoms with van der Waals surface area (Å²) >= 11 is 0. The Labute approximate surface area is 162 Å². The Kier molecular flexibility index (Phi) is 5.52. The van der Waals surface area contributed by atoms with Crippen LogP contribution >= 0.6 is 0 Å². The van der Waals surface area contributed by atoms with Gasteiger partial charge in [0.1, 0.15) is 23.8 Å². The highest BCUT2D eigenvalue weighted by Crippen LogP contribution is 2.26. The topological polar surface area (TPSA) is 117 Å². The largest absolute Gasteiger partial charge is 0.433 e.